The first-order chi connectivity index (χ1) is 7.86. The normalized spacial score (nSPS) is 18.1. The van der Waals surface area contributed by atoms with Crippen LogP contribution < -0.4 is 0 Å². The second kappa shape index (κ2) is 3.87. The molecule has 2 aromatic heterocycles. The van der Waals surface area contributed by atoms with Crippen LogP contribution in [0, 0.1) is 6.92 Å². The third kappa shape index (κ3) is 1.50. The van der Waals surface area contributed by atoms with Gasteiger partial charge in [0.05, 0.1) is 17.3 Å². The first kappa shape index (κ1) is 9.78. The number of fused-ring (bicyclic) bond motifs is 1. The van der Waals surface area contributed by atoms with Gasteiger partial charge in [-0.05, 0) is 25.8 Å². The third-order valence-corrected chi connectivity index (χ3v) is 3.23. The Kier molecular flexibility index (Phi) is 2.36. The van der Waals surface area contributed by atoms with Crippen molar-refractivity contribution in [3.63, 3.8) is 0 Å². The largest absolute Gasteiger partial charge is 0.381 e. The smallest absolute Gasteiger partial charge is 0.0719 e. The highest BCUT2D eigenvalue weighted by Gasteiger charge is 2.19. The van der Waals surface area contributed by atoms with E-state index < -0.39 is 0 Å². The zero-order valence-electron chi connectivity index (χ0n) is 9.39. The molecule has 1 fully saturated rings. The van der Waals surface area contributed by atoms with Gasteiger partial charge in [0, 0.05) is 31.0 Å². The number of rotatable bonds is 1. The Morgan fingerprint density at radius 3 is 3.00 bits per heavy atom. The molecule has 1 aliphatic rings. The maximum Gasteiger partial charge on any atom is 0.0719 e. The van der Waals surface area contributed by atoms with Crippen LogP contribution in [0.15, 0.2) is 18.5 Å². The topological polar surface area (TPSA) is 39.9 Å². The standard InChI is InChI=1S/C12H15N3O/c1-9-11-8-13-5-2-12(11)15(14-9)10-3-6-16-7-4-10/h2,5,8,10H,3-4,6-7H2,1H3. The Balaban J connectivity index is 2.08. The Hall–Kier alpha value is -1.42. The molecule has 3 heterocycles. The predicted octanol–water partition coefficient (Wildman–Crippen LogP) is 2.09. The maximum atomic E-state index is 5.39. The molecule has 2 aromatic rings. The fourth-order valence-electron chi connectivity index (χ4n) is 2.34. The van der Waals surface area contributed by atoms with Gasteiger partial charge >= 0.3 is 0 Å². The Labute approximate surface area is 94.2 Å². The fourth-order valence-corrected chi connectivity index (χ4v) is 2.34. The number of aryl methyl sites for hydroxylation is 1. The zero-order valence-corrected chi connectivity index (χ0v) is 9.39. The number of ether oxygens (including phenoxy) is 1. The molecule has 4 heteroatoms. The van der Waals surface area contributed by atoms with Crippen molar-refractivity contribution >= 4 is 10.9 Å². The van der Waals surface area contributed by atoms with Crippen LogP contribution in [0.2, 0.25) is 0 Å². The van der Waals surface area contributed by atoms with Crippen LogP contribution >= 0.6 is 0 Å². The molecule has 0 amide bonds. The number of hydrogen-bond acceptors (Lipinski definition) is 3. The summed E-state index contributed by atoms with van der Waals surface area (Å²) in [6.45, 7) is 3.73. The number of nitrogens with zero attached hydrogens (tertiary/aromatic N) is 3. The van der Waals surface area contributed by atoms with Crippen molar-refractivity contribution in [1.29, 1.82) is 0 Å². The van der Waals surface area contributed by atoms with Gasteiger partial charge in [-0.2, -0.15) is 5.10 Å². The van der Waals surface area contributed by atoms with Gasteiger partial charge in [0.2, 0.25) is 0 Å². The van der Waals surface area contributed by atoms with Crippen molar-refractivity contribution in [1.82, 2.24) is 14.8 Å². The van der Waals surface area contributed by atoms with Crippen molar-refractivity contribution in [2.24, 2.45) is 0 Å². The zero-order chi connectivity index (χ0) is 11.0. The minimum Gasteiger partial charge on any atom is -0.381 e. The molecule has 0 radical (unpaired) electrons. The van der Waals surface area contributed by atoms with Gasteiger partial charge in [-0.15, -0.1) is 0 Å². The highest BCUT2D eigenvalue weighted by atomic mass is 16.5. The van der Waals surface area contributed by atoms with E-state index in [4.69, 9.17) is 4.74 Å². The molecule has 1 aliphatic heterocycles. The highest BCUT2D eigenvalue weighted by molar-refractivity contribution is 5.80. The van der Waals surface area contributed by atoms with E-state index in [9.17, 15) is 0 Å². The van der Waals surface area contributed by atoms with Crippen LogP contribution in [0.5, 0.6) is 0 Å². The van der Waals surface area contributed by atoms with Gasteiger partial charge in [0.25, 0.3) is 0 Å². The molecule has 0 unspecified atom stereocenters. The van der Waals surface area contributed by atoms with Gasteiger partial charge < -0.3 is 4.74 Å². The average molecular weight is 217 g/mol. The van der Waals surface area contributed by atoms with Crippen LogP contribution in [0.25, 0.3) is 10.9 Å². The van der Waals surface area contributed by atoms with E-state index in [0.29, 0.717) is 6.04 Å². The second-order valence-corrected chi connectivity index (χ2v) is 4.27. The fraction of sp³-hybridized carbons (Fsp3) is 0.500. The number of hydrogen-bond donors (Lipinski definition) is 0. The third-order valence-electron chi connectivity index (χ3n) is 3.23. The van der Waals surface area contributed by atoms with Crippen LogP contribution in [0.4, 0.5) is 0 Å². The predicted molar refractivity (Wildman–Crippen MR) is 61.4 cm³/mol. The minimum atomic E-state index is 0.479. The molecule has 0 atom stereocenters. The average Bonchev–Trinajstić information content (AvgIpc) is 2.69. The summed E-state index contributed by atoms with van der Waals surface area (Å²) in [6, 6.07) is 2.53. The first-order valence-electron chi connectivity index (χ1n) is 5.73. The lowest BCUT2D eigenvalue weighted by Crippen LogP contribution is -2.20. The Morgan fingerprint density at radius 1 is 1.38 bits per heavy atom. The van der Waals surface area contributed by atoms with Crippen molar-refractivity contribution in [3.8, 4) is 0 Å². The van der Waals surface area contributed by atoms with Gasteiger partial charge in [0.15, 0.2) is 0 Å². The second-order valence-electron chi connectivity index (χ2n) is 4.27. The van der Waals surface area contributed by atoms with Crippen LogP contribution in [-0.4, -0.2) is 28.0 Å². The molecule has 0 saturated carbocycles. The van der Waals surface area contributed by atoms with Crippen molar-refractivity contribution < 1.29 is 4.74 Å². The van der Waals surface area contributed by atoms with Gasteiger partial charge in [-0.1, -0.05) is 0 Å². The molecule has 0 aromatic carbocycles. The van der Waals surface area contributed by atoms with Crippen molar-refractivity contribution in [2.45, 2.75) is 25.8 Å². The first-order valence-corrected chi connectivity index (χ1v) is 5.73. The summed E-state index contributed by atoms with van der Waals surface area (Å²) in [7, 11) is 0. The maximum absolute atomic E-state index is 5.39. The molecule has 0 bridgehead atoms. The Morgan fingerprint density at radius 2 is 2.19 bits per heavy atom. The molecule has 16 heavy (non-hydrogen) atoms. The Bertz CT molecular complexity index is 500. The quantitative estimate of drug-likeness (QED) is 0.734. The van der Waals surface area contributed by atoms with Crippen LogP contribution in [0.3, 0.4) is 0 Å². The monoisotopic (exact) mass is 217 g/mol. The van der Waals surface area contributed by atoms with E-state index in [1.54, 1.807) is 0 Å². The number of pyridine rings is 1. The van der Waals surface area contributed by atoms with Gasteiger partial charge in [0.1, 0.15) is 0 Å². The van der Waals surface area contributed by atoms with E-state index in [-0.39, 0.29) is 0 Å². The molecule has 4 nitrogen and oxygen atoms in total. The lowest BCUT2D eigenvalue weighted by molar-refractivity contribution is 0.0674. The summed E-state index contributed by atoms with van der Waals surface area (Å²) in [5.41, 5.74) is 2.26. The summed E-state index contributed by atoms with van der Waals surface area (Å²) in [5.74, 6) is 0. The molecular weight excluding hydrogens is 202 g/mol. The van der Waals surface area contributed by atoms with Gasteiger partial charge in [-0.3, -0.25) is 9.67 Å². The van der Waals surface area contributed by atoms with Crippen LogP contribution in [-0.2, 0) is 4.74 Å². The lowest BCUT2D eigenvalue weighted by Gasteiger charge is -2.23. The van der Waals surface area contributed by atoms with E-state index in [0.717, 1.165) is 37.1 Å². The van der Waals surface area contributed by atoms with Gasteiger partial charge in [-0.25, -0.2) is 0 Å². The molecule has 0 N–H and O–H groups in total. The molecule has 1 saturated heterocycles. The van der Waals surface area contributed by atoms with E-state index in [1.807, 2.05) is 25.4 Å². The molecule has 3 rings (SSSR count). The molecular formula is C12H15N3O. The van der Waals surface area contributed by atoms with Crippen LogP contribution in [0.1, 0.15) is 24.6 Å². The van der Waals surface area contributed by atoms with E-state index >= 15 is 0 Å². The summed E-state index contributed by atoms with van der Waals surface area (Å²) in [5, 5.41) is 5.80. The minimum absolute atomic E-state index is 0.479. The molecule has 0 spiro atoms. The summed E-state index contributed by atoms with van der Waals surface area (Å²) >= 11 is 0. The molecule has 84 valence electrons. The SMILES string of the molecule is Cc1nn(C2CCOCC2)c2ccncc12. The molecule has 0 aliphatic carbocycles. The summed E-state index contributed by atoms with van der Waals surface area (Å²) < 4.78 is 7.53. The summed E-state index contributed by atoms with van der Waals surface area (Å²) in [4.78, 5) is 4.15. The van der Waals surface area contributed by atoms with E-state index in [2.05, 4.69) is 14.8 Å². The summed E-state index contributed by atoms with van der Waals surface area (Å²) in [6.07, 6.45) is 5.84. The van der Waals surface area contributed by atoms with E-state index in [1.165, 1.54) is 5.52 Å². The van der Waals surface area contributed by atoms with Crippen molar-refractivity contribution in [2.75, 3.05) is 13.2 Å². The number of aromatic nitrogens is 3. The van der Waals surface area contributed by atoms with Crippen molar-refractivity contribution in [3.05, 3.63) is 24.2 Å². The highest BCUT2D eigenvalue weighted by Crippen LogP contribution is 2.26. The lowest BCUT2D eigenvalue weighted by atomic mass is 10.1.